The summed E-state index contributed by atoms with van der Waals surface area (Å²) in [5.41, 5.74) is 0. The Kier molecular flexibility index (Phi) is 2.66. The summed E-state index contributed by atoms with van der Waals surface area (Å²) in [6, 6.07) is 0.310. The number of nitrogens with zero attached hydrogens (tertiary/aromatic N) is 2. The van der Waals surface area contributed by atoms with Crippen LogP contribution < -0.4 is 0 Å². The fourth-order valence-electron chi connectivity index (χ4n) is 1.74. The lowest BCUT2D eigenvalue weighted by atomic mass is 9.94. The molecule has 2 rings (SSSR count). The summed E-state index contributed by atoms with van der Waals surface area (Å²) >= 11 is 2.23. The van der Waals surface area contributed by atoms with Gasteiger partial charge in [-0.3, -0.25) is 9.48 Å². The largest absolute Gasteiger partial charge is 0.300 e. The second kappa shape index (κ2) is 3.77. The zero-order valence-electron chi connectivity index (χ0n) is 7.24. The molecule has 1 atom stereocenters. The highest BCUT2D eigenvalue weighted by molar-refractivity contribution is 14.1. The molecule has 0 radical (unpaired) electrons. The Hall–Kier alpha value is -0.390. The molecule has 1 saturated carbocycles. The van der Waals surface area contributed by atoms with Crippen molar-refractivity contribution in [3.8, 4) is 0 Å². The lowest BCUT2D eigenvalue weighted by molar-refractivity contribution is -0.121. The van der Waals surface area contributed by atoms with Crippen molar-refractivity contribution in [2.75, 3.05) is 0 Å². The summed E-state index contributed by atoms with van der Waals surface area (Å²) in [5, 5.41) is 4.23. The maximum Gasteiger partial charge on any atom is 0.135 e. The van der Waals surface area contributed by atoms with Crippen LogP contribution in [0.1, 0.15) is 31.7 Å². The molecule has 13 heavy (non-hydrogen) atoms. The van der Waals surface area contributed by atoms with E-state index in [1.54, 1.807) is 0 Å². The van der Waals surface area contributed by atoms with Crippen LogP contribution in [-0.2, 0) is 4.79 Å². The van der Waals surface area contributed by atoms with E-state index >= 15 is 0 Å². The molecule has 1 aromatic heterocycles. The van der Waals surface area contributed by atoms with Gasteiger partial charge in [0, 0.05) is 19.0 Å². The summed E-state index contributed by atoms with van der Waals surface area (Å²) < 4.78 is 3.06. The van der Waals surface area contributed by atoms with Gasteiger partial charge in [-0.1, -0.05) is 0 Å². The van der Waals surface area contributed by atoms with Crippen molar-refractivity contribution in [2.45, 2.75) is 31.7 Å². The Morgan fingerprint density at radius 1 is 1.62 bits per heavy atom. The molecule has 4 heteroatoms. The van der Waals surface area contributed by atoms with E-state index in [0.717, 1.165) is 22.8 Å². The van der Waals surface area contributed by atoms with Crippen LogP contribution >= 0.6 is 22.6 Å². The Bertz CT molecular complexity index is 321. The number of rotatable bonds is 1. The molecule has 0 aliphatic heterocycles. The minimum absolute atomic E-state index is 0.310. The predicted molar refractivity (Wildman–Crippen MR) is 57.5 cm³/mol. The maximum atomic E-state index is 11.2. The summed E-state index contributed by atoms with van der Waals surface area (Å²) in [4.78, 5) is 11.2. The van der Waals surface area contributed by atoms with Crippen LogP contribution in [0.2, 0.25) is 0 Å². The maximum absolute atomic E-state index is 11.2. The fraction of sp³-hybridized carbons (Fsp3) is 0.556. The van der Waals surface area contributed by atoms with E-state index in [9.17, 15) is 4.79 Å². The van der Waals surface area contributed by atoms with E-state index < -0.39 is 0 Å². The predicted octanol–water partition coefficient (Wildman–Crippen LogP) is 2.17. The molecule has 3 nitrogen and oxygen atoms in total. The third-order valence-electron chi connectivity index (χ3n) is 2.40. The molecule has 0 saturated heterocycles. The van der Waals surface area contributed by atoms with E-state index in [1.165, 1.54) is 0 Å². The zero-order chi connectivity index (χ0) is 9.26. The van der Waals surface area contributed by atoms with Gasteiger partial charge in [0.2, 0.25) is 0 Å². The van der Waals surface area contributed by atoms with E-state index in [0.29, 0.717) is 18.2 Å². The first kappa shape index (κ1) is 9.18. The van der Waals surface area contributed by atoms with E-state index in [-0.39, 0.29) is 0 Å². The Morgan fingerprint density at radius 3 is 3.08 bits per heavy atom. The highest BCUT2D eigenvalue weighted by atomic mass is 127. The van der Waals surface area contributed by atoms with Gasteiger partial charge in [0.15, 0.2) is 0 Å². The lowest BCUT2D eigenvalue weighted by Crippen LogP contribution is -2.19. The summed E-state index contributed by atoms with van der Waals surface area (Å²) in [5.74, 6) is 0.377. The molecule has 0 bridgehead atoms. The average molecular weight is 290 g/mol. The number of carbonyl (C=O) groups is 1. The normalized spacial score (nSPS) is 23.5. The number of carbonyl (C=O) groups excluding carboxylic acids is 1. The second-order valence-corrected chi connectivity index (χ2v) is 4.67. The average Bonchev–Trinajstić information content (AvgIpc) is 2.52. The van der Waals surface area contributed by atoms with Crippen molar-refractivity contribution >= 4 is 28.4 Å². The van der Waals surface area contributed by atoms with Crippen LogP contribution in [0.3, 0.4) is 0 Å². The molecular formula is C9H11IN2O. The van der Waals surface area contributed by atoms with Crippen molar-refractivity contribution in [3.63, 3.8) is 0 Å². The van der Waals surface area contributed by atoms with Crippen LogP contribution in [0.5, 0.6) is 0 Å². The number of Topliss-reactive ketones (excluding diaryl/α,β-unsaturated/α-hetero) is 1. The molecule has 0 spiro atoms. The topological polar surface area (TPSA) is 34.9 Å². The minimum atomic E-state index is 0.310. The third kappa shape index (κ3) is 2.10. The lowest BCUT2D eigenvalue weighted by Gasteiger charge is -2.20. The number of hydrogen-bond donors (Lipinski definition) is 0. The Balaban J connectivity index is 2.12. The first-order valence-electron chi connectivity index (χ1n) is 4.47. The van der Waals surface area contributed by atoms with Crippen molar-refractivity contribution in [1.29, 1.82) is 0 Å². The number of ketones is 1. The summed E-state index contributed by atoms with van der Waals surface area (Å²) in [6.45, 7) is 0. The van der Waals surface area contributed by atoms with E-state index in [4.69, 9.17) is 0 Å². The fourth-order valence-corrected chi connectivity index (χ4v) is 2.15. The summed E-state index contributed by atoms with van der Waals surface area (Å²) in [7, 11) is 0. The van der Waals surface area contributed by atoms with Gasteiger partial charge in [0.1, 0.15) is 5.78 Å². The quantitative estimate of drug-likeness (QED) is 0.743. The highest BCUT2D eigenvalue weighted by Gasteiger charge is 2.21. The van der Waals surface area contributed by atoms with Gasteiger partial charge in [-0.25, -0.2) is 0 Å². The number of hydrogen-bond acceptors (Lipinski definition) is 2. The SMILES string of the molecule is O=C1CCCC(n2cc(I)cn2)C1. The van der Waals surface area contributed by atoms with E-state index in [1.807, 2.05) is 17.1 Å². The van der Waals surface area contributed by atoms with Crippen LogP contribution in [0.15, 0.2) is 12.4 Å². The number of halogens is 1. The van der Waals surface area contributed by atoms with Gasteiger partial charge in [0.25, 0.3) is 0 Å². The van der Waals surface area contributed by atoms with Crippen molar-refractivity contribution in [3.05, 3.63) is 16.0 Å². The molecule has 1 unspecified atom stereocenters. The molecule has 70 valence electrons. The van der Waals surface area contributed by atoms with Gasteiger partial charge >= 0.3 is 0 Å². The van der Waals surface area contributed by atoms with E-state index in [2.05, 4.69) is 27.7 Å². The van der Waals surface area contributed by atoms with Crippen LogP contribution in [0, 0.1) is 3.57 Å². The monoisotopic (exact) mass is 290 g/mol. The smallest absolute Gasteiger partial charge is 0.135 e. The zero-order valence-corrected chi connectivity index (χ0v) is 9.40. The minimum Gasteiger partial charge on any atom is -0.300 e. The molecule has 1 aromatic rings. The number of aromatic nitrogens is 2. The Labute approximate surface area is 90.6 Å². The van der Waals surface area contributed by atoms with Gasteiger partial charge in [-0.2, -0.15) is 5.10 Å². The first-order valence-corrected chi connectivity index (χ1v) is 5.55. The molecule has 1 aliphatic carbocycles. The second-order valence-electron chi connectivity index (χ2n) is 3.43. The third-order valence-corrected chi connectivity index (χ3v) is 2.96. The van der Waals surface area contributed by atoms with Crippen LogP contribution in [0.4, 0.5) is 0 Å². The molecule has 0 N–H and O–H groups in total. The van der Waals surface area contributed by atoms with Gasteiger partial charge in [0.05, 0.1) is 15.8 Å². The first-order chi connectivity index (χ1) is 6.25. The van der Waals surface area contributed by atoms with Crippen molar-refractivity contribution < 1.29 is 4.79 Å². The Morgan fingerprint density at radius 2 is 2.46 bits per heavy atom. The summed E-state index contributed by atoms with van der Waals surface area (Å²) in [6.07, 6.45) is 7.36. The molecule has 1 heterocycles. The molecule has 1 aliphatic rings. The van der Waals surface area contributed by atoms with Crippen LogP contribution in [0.25, 0.3) is 0 Å². The van der Waals surface area contributed by atoms with Crippen LogP contribution in [-0.4, -0.2) is 15.6 Å². The van der Waals surface area contributed by atoms with Crippen molar-refractivity contribution in [1.82, 2.24) is 9.78 Å². The van der Waals surface area contributed by atoms with Gasteiger partial charge < -0.3 is 0 Å². The standard InChI is InChI=1S/C9H11IN2O/c10-7-5-11-12(6-7)8-2-1-3-9(13)4-8/h5-6,8H,1-4H2. The molecule has 0 amide bonds. The molecular weight excluding hydrogens is 279 g/mol. The molecule has 1 fully saturated rings. The highest BCUT2D eigenvalue weighted by Crippen LogP contribution is 2.25. The van der Waals surface area contributed by atoms with Crippen molar-refractivity contribution in [2.24, 2.45) is 0 Å². The van der Waals surface area contributed by atoms with Gasteiger partial charge in [-0.15, -0.1) is 0 Å². The van der Waals surface area contributed by atoms with Gasteiger partial charge in [-0.05, 0) is 35.4 Å². The molecule has 0 aromatic carbocycles.